The number of fused-ring (bicyclic) bond motifs is 1. The topological polar surface area (TPSA) is 69.9 Å². The molecule has 2 heterocycles. The highest BCUT2D eigenvalue weighted by atomic mass is 32.2. The first-order valence-electron chi connectivity index (χ1n) is 8.64. The number of nitrogens with zero attached hydrogens (tertiary/aromatic N) is 4. The summed E-state index contributed by atoms with van der Waals surface area (Å²) >= 11 is 1.40. The van der Waals surface area contributed by atoms with E-state index >= 15 is 0 Å². The fourth-order valence-corrected chi connectivity index (χ4v) is 3.78. The van der Waals surface area contributed by atoms with Crippen LogP contribution in [-0.2, 0) is 9.53 Å². The van der Waals surface area contributed by atoms with Gasteiger partial charge in [-0.25, -0.2) is 14.6 Å². The van der Waals surface area contributed by atoms with Gasteiger partial charge in [0.15, 0.2) is 5.65 Å². The number of hydrogen-bond donors (Lipinski definition) is 0. The van der Waals surface area contributed by atoms with Gasteiger partial charge in [-0.15, -0.1) is 0 Å². The van der Waals surface area contributed by atoms with E-state index in [2.05, 4.69) is 41.0 Å². The van der Waals surface area contributed by atoms with Gasteiger partial charge in [0.2, 0.25) is 0 Å². The number of benzene rings is 1. The van der Waals surface area contributed by atoms with E-state index < -0.39 is 0 Å². The molecule has 6 nitrogen and oxygen atoms in total. The molecule has 0 fully saturated rings. The molecule has 3 aromatic rings. The summed E-state index contributed by atoms with van der Waals surface area (Å²) in [7, 11) is 0. The van der Waals surface area contributed by atoms with Gasteiger partial charge < -0.3 is 4.74 Å². The monoisotopic (exact) mass is 370 g/mol. The molecule has 136 valence electrons. The summed E-state index contributed by atoms with van der Waals surface area (Å²) in [5.41, 5.74) is 4.04. The number of carbonyl (C=O) groups is 1. The molecule has 1 atom stereocenters. The summed E-state index contributed by atoms with van der Waals surface area (Å²) in [5, 5.41) is 5.80. The Kier molecular flexibility index (Phi) is 5.56. The first kappa shape index (κ1) is 18.4. The maximum absolute atomic E-state index is 12.1. The number of ether oxygens (including phenoxy) is 1. The first-order valence-corrected chi connectivity index (χ1v) is 9.52. The van der Waals surface area contributed by atoms with Crippen molar-refractivity contribution in [2.75, 3.05) is 6.61 Å². The molecular formula is C19H22N4O2S. The SMILES string of the molecule is CCOC(=O)C(CC)Sc1ncnc2c1cnn2-c1ccc(C)cc1C. The molecule has 0 aliphatic heterocycles. The second-order valence-corrected chi connectivity index (χ2v) is 7.22. The predicted octanol–water partition coefficient (Wildman–Crippen LogP) is 3.87. The largest absolute Gasteiger partial charge is 0.465 e. The third-order valence-corrected chi connectivity index (χ3v) is 5.44. The number of rotatable bonds is 6. The number of esters is 1. The summed E-state index contributed by atoms with van der Waals surface area (Å²) in [6, 6.07) is 6.22. The van der Waals surface area contributed by atoms with Gasteiger partial charge in [0, 0.05) is 0 Å². The van der Waals surface area contributed by atoms with Crippen molar-refractivity contribution < 1.29 is 9.53 Å². The van der Waals surface area contributed by atoms with Crippen molar-refractivity contribution in [3.8, 4) is 5.69 Å². The van der Waals surface area contributed by atoms with E-state index in [9.17, 15) is 4.79 Å². The molecule has 0 bridgehead atoms. The molecule has 1 unspecified atom stereocenters. The van der Waals surface area contributed by atoms with Crippen molar-refractivity contribution in [2.24, 2.45) is 0 Å². The van der Waals surface area contributed by atoms with Crippen LogP contribution in [-0.4, -0.2) is 37.6 Å². The zero-order valence-corrected chi connectivity index (χ0v) is 16.2. The van der Waals surface area contributed by atoms with Gasteiger partial charge in [-0.3, -0.25) is 4.79 Å². The Morgan fingerprint density at radius 2 is 2.08 bits per heavy atom. The van der Waals surface area contributed by atoms with Crippen LogP contribution in [0, 0.1) is 13.8 Å². The van der Waals surface area contributed by atoms with E-state index in [1.807, 2.05) is 24.6 Å². The Balaban J connectivity index is 2.00. The molecule has 3 rings (SSSR count). The highest BCUT2D eigenvalue weighted by Crippen LogP contribution is 2.31. The van der Waals surface area contributed by atoms with Crippen molar-refractivity contribution in [3.63, 3.8) is 0 Å². The second kappa shape index (κ2) is 7.86. The minimum absolute atomic E-state index is 0.214. The summed E-state index contributed by atoms with van der Waals surface area (Å²) in [6.07, 6.45) is 3.94. The van der Waals surface area contributed by atoms with E-state index in [0.717, 1.165) is 27.3 Å². The Hall–Kier alpha value is -2.41. The molecule has 0 amide bonds. The number of aryl methyl sites for hydroxylation is 2. The fraction of sp³-hybridized carbons (Fsp3) is 0.368. The summed E-state index contributed by atoms with van der Waals surface area (Å²) in [6.45, 7) is 8.27. The lowest BCUT2D eigenvalue weighted by Gasteiger charge is -2.13. The normalized spacial score (nSPS) is 12.3. The van der Waals surface area contributed by atoms with Crippen molar-refractivity contribution >= 4 is 28.8 Å². The summed E-state index contributed by atoms with van der Waals surface area (Å²) in [5.74, 6) is -0.214. The van der Waals surface area contributed by atoms with Crippen molar-refractivity contribution in [3.05, 3.63) is 41.9 Å². The quantitative estimate of drug-likeness (QED) is 0.373. The molecule has 0 saturated heterocycles. The molecule has 2 aromatic heterocycles. The van der Waals surface area contributed by atoms with Gasteiger partial charge in [0.25, 0.3) is 0 Å². The van der Waals surface area contributed by atoms with Crippen LogP contribution in [0.25, 0.3) is 16.7 Å². The standard InChI is InChI=1S/C19H22N4O2S/c1-5-16(19(24)25-6-2)26-18-14-10-22-23(17(14)20-11-21-18)15-8-7-12(3)9-13(15)4/h7-11,16H,5-6H2,1-4H3. The molecule has 0 radical (unpaired) electrons. The summed E-state index contributed by atoms with van der Waals surface area (Å²) < 4.78 is 6.98. The van der Waals surface area contributed by atoms with E-state index in [0.29, 0.717) is 13.0 Å². The maximum atomic E-state index is 12.1. The Bertz CT molecular complexity index is 938. The van der Waals surface area contributed by atoms with Gasteiger partial charge in [0.1, 0.15) is 16.6 Å². The number of hydrogen-bond acceptors (Lipinski definition) is 6. The van der Waals surface area contributed by atoms with E-state index in [-0.39, 0.29) is 11.2 Å². The van der Waals surface area contributed by atoms with Crippen LogP contribution >= 0.6 is 11.8 Å². The molecule has 0 N–H and O–H groups in total. The lowest BCUT2D eigenvalue weighted by atomic mass is 10.1. The molecule has 0 aliphatic rings. The number of thioether (sulfide) groups is 1. The first-order chi connectivity index (χ1) is 12.5. The number of carbonyl (C=O) groups excluding carboxylic acids is 1. The predicted molar refractivity (Wildman–Crippen MR) is 103 cm³/mol. The Morgan fingerprint density at radius 1 is 1.27 bits per heavy atom. The highest BCUT2D eigenvalue weighted by Gasteiger charge is 2.22. The molecule has 7 heteroatoms. The van der Waals surface area contributed by atoms with Gasteiger partial charge in [0.05, 0.1) is 23.9 Å². The highest BCUT2D eigenvalue weighted by molar-refractivity contribution is 8.00. The second-order valence-electron chi connectivity index (χ2n) is 6.03. The van der Waals surface area contributed by atoms with Crippen LogP contribution in [0.3, 0.4) is 0 Å². The Labute approximate surface area is 157 Å². The van der Waals surface area contributed by atoms with Crippen LogP contribution < -0.4 is 0 Å². The molecular weight excluding hydrogens is 348 g/mol. The Morgan fingerprint density at radius 3 is 2.77 bits per heavy atom. The number of aromatic nitrogens is 4. The van der Waals surface area contributed by atoms with Crippen LogP contribution in [0.4, 0.5) is 0 Å². The van der Waals surface area contributed by atoms with Crippen LogP contribution in [0.5, 0.6) is 0 Å². The minimum atomic E-state index is -0.294. The lowest BCUT2D eigenvalue weighted by Crippen LogP contribution is -2.19. The van der Waals surface area contributed by atoms with Crippen molar-refractivity contribution in [1.82, 2.24) is 19.7 Å². The smallest absolute Gasteiger partial charge is 0.319 e. The third-order valence-electron chi connectivity index (χ3n) is 4.08. The van der Waals surface area contributed by atoms with Crippen LogP contribution in [0.15, 0.2) is 35.7 Å². The van der Waals surface area contributed by atoms with E-state index in [4.69, 9.17) is 4.74 Å². The van der Waals surface area contributed by atoms with Crippen LogP contribution in [0.2, 0.25) is 0 Å². The van der Waals surface area contributed by atoms with Gasteiger partial charge in [-0.2, -0.15) is 5.10 Å². The van der Waals surface area contributed by atoms with E-state index in [1.165, 1.54) is 23.7 Å². The summed E-state index contributed by atoms with van der Waals surface area (Å²) in [4.78, 5) is 20.9. The fourth-order valence-electron chi connectivity index (χ4n) is 2.80. The van der Waals surface area contributed by atoms with Crippen molar-refractivity contribution in [2.45, 2.75) is 44.4 Å². The third kappa shape index (κ3) is 3.58. The van der Waals surface area contributed by atoms with Gasteiger partial charge >= 0.3 is 5.97 Å². The molecule has 0 aliphatic carbocycles. The van der Waals surface area contributed by atoms with Crippen LogP contribution in [0.1, 0.15) is 31.4 Å². The zero-order chi connectivity index (χ0) is 18.7. The lowest BCUT2D eigenvalue weighted by molar-refractivity contribution is -0.142. The molecule has 1 aromatic carbocycles. The van der Waals surface area contributed by atoms with E-state index in [1.54, 1.807) is 6.20 Å². The molecule has 0 saturated carbocycles. The maximum Gasteiger partial charge on any atom is 0.319 e. The molecule has 0 spiro atoms. The van der Waals surface area contributed by atoms with Gasteiger partial charge in [-0.1, -0.05) is 36.4 Å². The van der Waals surface area contributed by atoms with Gasteiger partial charge in [-0.05, 0) is 38.8 Å². The molecule has 26 heavy (non-hydrogen) atoms. The van der Waals surface area contributed by atoms with Crippen molar-refractivity contribution in [1.29, 1.82) is 0 Å². The zero-order valence-electron chi connectivity index (χ0n) is 15.4. The average molecular weight is 370 g/mol. The average Bonchev–Trinajstić information content (AvgIpc) is 3.04. The minimum Gasteiger partial charge on any atom is -0.465 e.